The molecule has 0 amide bonds. The lowest BCUT2D eigenvalue weighted by atomic mass is 10.1. The largest absolute Gasteiger partial charge is 0.463 e. The smallest absolute Gasteiger partial charge is 0.307 e. The van der Waals surface area contributed by atoms with Gasteiger partial charge in [-0.1, -0.05) is 0 Å². The second kappa shape index (κ2) is 8.61. The number of carbonyl (C=O) groups is 2. The van der Waals surface area contributed by atoms with Crippen molar-refractivity contribution in [1.82, 2.24) is 9.13 Å². The summed E-state index contributed by atoms with van der Waals surface area (Å²) in [5.74, 6) is -1.14. The van der Waals surface area contributed by atoms with E-state index >= 15 is 0 Å². The van der Waals surface area contributed by atoms with Crippen molar-refractivity contribution in [2.75, 3.05) is 26.4 Å². The lowest BCUT2D eigenvalue weighted by Crippen LogP contribution is -2.27. The van der Waals surface area contributed by atoms with Crippen molar-refractivity contribution in [3.8, 4) is 0 Å². The van der Waals surface area contributed by atoms with Gasteiger partial charge >= 0.3 is 11.9 Å². The molecule has 0 N–H and O–H groups in total. The van der Waals surface area contributed by atoms with Crippen LogP contribution < -0.4 is 22.2 Å². The molecule has 0 bridgehead atoms. The summed E-state index contributed by atoms with van der Waals surface area (Å²) in [4.78, 5) is 74.7. The molecule has 3 aromatic rings. The van der Waals surface area contributed by atoms with Gasteiger partial charge in [0.25, 0.3) is 22.2 Å². The Balaban J connectivity index is 1.37. The van der Waals surface area contributed by atoms with Crippen molar-refractivity contribution in [1.29, 1.82) is 0 Å². The first-order valence-electron chi connectivity index (χ1n) is 10.8. The molecule has 2 aliphatic rings. The van der Waals surface area contributed by atoms with Gasteiger partial charge in [0.2, 0.25) is 0 Å². The molecular weight excluding hydrogens is 452 g/mol. The molecule has 2 aromatic heterocycles. The second-order valence-electron chi connectivity index (χ2n) is 8.24. The van der Waals surface area contributed by atoms with E-state index < -0.39 is 34.2 Å². The summed E-state index contributed by atoms with van der Waals surface area (Å²) in [7, 11) is 0. The summed E-state index contributed by atoms with van der Waals surface area (Å²) >= 11 is 0. The highest BCUT2D eigenvalue weighted by Gasteiger charge is 2.25. The Labute approximate surface area is 189 Å². The Morgan fingerprint density at radius 1 is 0.706 bits per heavy atom. The van der Waals surface area contributed by atoms with Gasteiger partial charge < -0.3 is 18.9 Å². The number of esters is 2. The fraction of sp³-hybridized carbons (Fsp3) is 0.455. The standard InChI is InChI=1S/C22H20N2O10/c25-17(33-9-11-7-31-11)1-3-23-19(27)13-5-15-16(6-14(13)20(23)28)22(30)24(21(15)29)4-2-18(26)34-10-12-8-32-12/h5-6,11-12H,1-4,7-10H2. The van der Waals surface area contributed by atoms with Crippen LogP contribution in [0, 0.1) is 0 Å². The predicted molar refractivity (Wildman–Crippen MR) is 116 cm³/mol. The van der Waals surface area contributed by atoms with Crippen LogP contribution in [0.3, 0.4) is 0 Å². The van der Waals surface area contributed by atoms with E-state index in [9.17, 15) is 28.8 Å². The van der Waals surface area contributed by atoms with Gasteiger partial charge in [-0.15, -0.1) is 0 Å². The minimum absolute atomic E-state index is 0.0182. The molecule has 1 aromatic carbocycles. The topological polar surface area (TPSA) is 156 Å². The maximum absolute atomic E-state index is 12.8. The average Bonchev–Trinajstić information content (AvgIpc) is 3.74. The lowest BCUT2D eigenvalue weighted by molar-refractivity contribution is -0.145. The van der Waals surface area contributed by atoms with Crippen molar-refractivity contribution in [3.05, 3.63) is 53.5 Å². The molecule has 2 saturated heterocycles. The van der Waals surface area contributed by atoms with Crippen LogP contribution in [0.4, 0.5) is 0 Å². The first-order chi connectivity index (χ1) is 16.3. The molecule has 0 radical (unpaired) electrons. The third-order valence-electron chi connectivity index (χ3n) is 5.80. The number of hydrogen-bond acceptors (Lipinski definition) is 10. The molecular formula is C22H20N2O10. The van der Waals surface area contributed by atoms with Crippen molar-refractivity contribution in [2.45, 2.75) is 38.1 Å². The van der Waals surface area contributed by atoms with Crippen molar-refractivity contribution < 1.29 is 28.5 Å². The molecule has 0 spiro atoms. The molecule has 0 aliphatic carbocycles. The summed E-state index contributed by atoms with van der Waals surface area (Å²) in [6, 6.07) is 2.44. The first-order valence-corrected chi connectivity index (χ1v) is 10.8. The zero-order chi connectivity index (χ0) is 24.0. The summed E-state index contributed by atoms with van der Waals surface area (Å²) in [5, 5.41) is -0.0728. The zero-order valence-electron chi connectivity index (χ0n) is 17.9. The molecule has 12 nitrogen and oxygen atoms in total. The lowest BCUT2D eigenvalue weighted by Gasteiger charge is -2.02. The molecule has 4 heterocycles. The molecule has 34 heavy (non-hydrogen) atoms. The van der Waals surface area contributed by atoms with Crippen LogP contribution in [-0.4, -0.2) is 59.7 Å². The Morgan fingerprint density at radius 3 is 1.32 bits per heavy atom. The number of carbonyl (C=O) groups excluding carboxylic acids is 2. The third kappa shape index (κ3) is 4.29. The van der Waals surface area contributed by atoms with Crippen molar-refractivity contribution >= 4 is 33.5 Å². The highest BCUT2D eigenvalue weighted by Crippen LogP contribution is 2.15. The van der Waals surface area contributed by atoms with Crippen LogP contribution in [0.15, 0.2) is 31.3 Å². The van der Waals surface area contributed by atoms with Gasteiger partial charge in [0, 0.05) is 13.1 Å². The maximum atomic E-state index is 12.8. The molecule has 12 heteroatoms. The molecule has 2 fully saturated rings. The van der Waals surface area contributed by atoms with Crippen LogP contribution in [0.25, 0.3) is 21.5 Å². The minimum Gasteiger partial charge on any atom is -0.463 e. The molecule has 2 aliphatic heterocycles. The third-order valence-corrected chi connectivity index (χ3v) is 5.80. The second-order valence-corrected chi connectivity index (χ2v) is 8.24. The van der Waals surface area contributed by atoms with Crippen LogP contribution in [0.1, 0.15) is 12.8 Å². The monoisotopic (exact) mass is 472 g/mol. The Morgan fingerprint density at radius 2 is 1.03 bits per heavy atom. The van der Waals surface area contributed by atoms with Crippen molar-refractivity contribution in [2.24, 2.45) is 0 Å². The molecule has 0 saturated carbocycles. The number of fused-ring (bicyclic) bond motifs is 2. The van der Waals surface area contributed by atoms with E-state index in [2.05, 4.69) is 0 Å². The van der Waals surface area contributed by atoms with E-state index in [0.717, 1.165) is 9.13 Å². The highest BCUT2D eigenvalue weighted by atomic mass is 16.6. The Kier molecular flexibility index (Phi) is 5.62. The maximum Gasteiger partial charge on any atom is 0.307 e. The number of nitrogens with zero attached hydrogens (tertiary/aromatic N) is 2. The first kappa shape index (κ1) is 22.2. The molecule has 2 unspecified atom stereocenters. The van der Waals surface area contributed by atoms with Crippen LogP contribution in [-0.2, 0) is 41.6 Å². The molecule has 2 atom stereocenters. The van der Waals surface area contributed by atoms with E-state index in [1.807, 2.05) is 0 Å². The van der Waals surface area contributed by atoms with Crippen LogP contribution in [0.2, 0.25) is 0 Å². The number of epoxide rings is 2. The minimum atomic E-state index is -0.661. The van der Waals surface area contributed by atoms with Crippen LogP contribution in [0.5, 0.6) is 0 Å². The number of hydrogen-bond donors (Lipinski definition) is 0. The highest BCUT2D eigenvalue weighted by molar-refractivity contribution is 5.97. The van der Waals surface area contributed by atoms with Crippen LogP contribution >= 0.6 is 0 Å². The SMILES string of the molecule is O=C(CCn1c(=O)c2cc3c(=O)n(CCC(=O)OCC4CO4)c(=O)c3cc2c1=O)OCC1CO1. The van der Waals surface area contributed by atoms with E-state index in [0.29, 0.717) is 13.2 Å². The van der Waals surface area contributed by atoms with E-state index in [4.69, 9.17) is 18.9 Å². The normalized spacial score (nSPS) is 18.9. The average molecular weight is 472 g/mol. The quantitative estimate of drug-likeness (QED) is 0.253. The fourth-order valence-corrected chi connectivity index (χ4v) is 3.73. The number of aromatic nitrogens is 2. The van der Waals surface area contributed by atoms with Crippen molar-refractivity contribution in [3.63, 3.8) is 0 Å². The number of rotatable bonds is 10. The van der Waals surface area contributed by atoms with E-state index in [1.165, 1.54) is 12.1 Å². The fourth-order valence-electron chi connectivity index (χ4n) is 3.73. The Bertz CT molecular complexity index is 1310. The summed E-state index contributed by atoms with van der Waals surface area (Å²) in [6.07, 6.45) is -0.564. The van der Waals surface area contributed by atoms with Gasteiger partial charge in [0.1, 0.15) is 25.4 Å². The summed E-state index contributed by atoms with van der Waals surface area (Å²) in [5.41, 5.74) is -2.65. The van der Waals surface area contributed by atoms with Gasteiger partial charge in [-0.3, -0.25) is 37.9 Å². The van der Waals surface area contributed by atoms with Gasteiger partial charge in [0.15, 0.2) is 0 Å². The van der Waals surface area contributed by atoms with E-state index in [-0.39, 0.29) is 72.9 Å². The van der Waals surface area contributed by atoms with Gasteiger partial charge in [-0.2, -0.15) is 0 Å². The van der Waals surface area contributed by atoms with Gasteiger partial charge in [-0.25, -0.2) is 0 Å². The zero-order valence-corrected chi connectivity index (χ0v) is 17.9. The Hall–Kier alpha value is -3.64. The predicted octanol–water partition coefficient (Wildman–Crippen LogP) is -1.42. The van der Waals surface area contributed by atoms with E-state index in [1.54, 1.807) is 0 Å². The summed E-state index contributed by atoms with van der Waals surface area (Å²) in [6.45, 7) is 0.936. The molecule has 178 valence electrons. The summed E-state index contributed by atoms with van der Waals surface area (Å²) < 4.78 is 21.7. The number of benzene rings is 1. The molecule has 5 rings (SSSR count). The number of ether oxygens (including phenoxy) is 4. The van der Waals surface area contributed by atoms with Gasteiger partial charge in [0.05, 0.1) is 47.6 Å². The van der Waals surface area contributed by atoms with Gasteiger partial charge in [-0.05, 0) is 12.1 Å².